The number of nitrogens with zero attached hydrogens (tertiary/aromatic N) is 5. The number of rotatable bonds is 1. The highest BCUT2D eigenvalue weighted by Crippen LogP contribution is 2.30. The van der Waals surface area contributed by atoms with Crippen molar-refractivity contribution in [1.82, 2.24) is 14.8 Å². The third kappa shape index (κ3) is 2.01. The van der Waals surface area contributed by atoms with Gasteiger partial charge in [0.15, 0.2) is 5.65 Å². The van der Waals surface area contributed by atoms with Crippen LogP contribution >= 0.6 is 0 Å². The maximum Gasteiger partial charge on any atom is 0.159 e. The van der Waals surface area contributed by atoms with Crippen molar-refractivity contribution in [3.63, 3.8) is 0 Å². The molecule has 5 heteroatoms. The minimum atomic E-state index is 0.911. The van der Waals surface area contributed by atoms with Crippen LogP contribution in [-0.2, 0) is 13.6 Å². The van der Waals surface area contributed by atoms with Gasteiger partial charge in [-0.3, -0.25) is 4.68 Å². The third-order valence-electron chi connectivity index (χ3n) is 4.42. The quantitative estimate of drug-likeness (QED) is 0.690. The molecule has 22 heavy (non-hydrogen) atoms. The van der Waals surface area contributed by atoms with Gasteiger partial charge in [-0.1, -0.05) is 18.2 Å². The molecule has 0 unspecified atom stereocenters. The standard InChI is InChI=1S/C17H19N5/c1-20-9-10-22(12-13-5-3-4-6-15(13)20)16-7-8-18-17-14(16)11-19-21(17)2/h3-8,11H,9-10,12H2,1-2H3. The monoisotopic (exact) mass is 293 g/mol. The molecule has 0 amide bonds. The van der Waals surface area contributed by atoms with Crippen molar-refractivity contribution >= 4 is 22.4 Å². The highest BCUT2D eigenvalue weighted by molar-refractivity contribution is 5.89. The molecule has 0 spiro atoms. The van der Waals surface area contributed by atoms with Crippen LogP contribution in [0.15, 0.2) is 42.7 Å². The average molecular weight is 293 g/mol. The second kappa shape index (κ2) is 5.02. The van der Waals surface area contributed by atoms with Gasteiger partial charge in [0.2, 0.25) is 0 Å². The number of pyridine rings is 1. The number of likely N-dealkylation sites (N-methyl/N-ethyl adjacent to an activating group) is 1. The molecule has 0 fully saturated rings. The van der Waals surface area contributed by atoms with Crippen LogP contribution in [0.3, 0.4) is 0 Å². The first-order valence-corrected chi connectivity index (χ1v) is 7.55. The summed E-state index contributed by atoms with van der Waals surface area (Å²) in [6.07, 6.45) is 3.79. The number of benzene rings is 1. The SMILES string of the molecule is CN1CCN(c2ccnc3c2cnn3C)Cc2ccccc21. The topological polar surface area (TPSA) is 37.2 Å². The van der Waals surface area contributed by atoms with Crippen molar-refractivity contribution in [2.45, 2.75) is 6.54 Å². The molecule has 3 heterocycles. The van der Waals surface area contributed by atoms with Gasteiger partial charge >= 0.3 is 0 Å². The number of anilines is 2. The molecule has 1 aliphatic rings. The fourth-order valence-corrected chi connectivity index (χ4v) is 3.21. The number of aryl methyl sites for hydroxylation is 1. The highest BCUT2D eigenvalue weighted by Gasteiger charge is 2.19. The Morgan fingerprint density at radius 3 is 2.77 bits per heavy atom. The lowest BCUT2D eigenvalue weighted by Gasteiger charge is -2.23. The Hall–Kier alpha value is -2.56. The summed E-state index contributed by atoms with van der Waals surface area (Å²) in [5.41, 5.74) is 4.82. The molecule has 0 saturated carbocycles. The molecule has 1 aliphatic heterocycles. The van der Waals surface area contributed by atoms with Crippen molar-refractivity contribution < 1.29 is 0 Å². The normalized spacial score (nSPS) is 15.0. The minimum absolute atomic E-state index is 0.911. The summed E-state index contributed by atoms with van der Waals surface area (Å²) in [6.45, 7) is 2.90. The van der Waals surface area contributed by atoms with Gasteiger partial charge in [0.1, 0.15) is 0 Å². The van der Waals surface area contributed by atoms with Crippen LogP contribution in [0.4, 0.5) is 11.4 Å². The van der Waals surface area contributed by atoms with E-state index in [9.17, 15) is 0 Å². The fraction of sp³-hybridized carbons (Fsp3) is 0.294. The molecular weight excluding hydrogens is 274 g/mol. The molecule has 2 aromatic heterocycles. The van der Waals surface area contributed by atoms with Gasteiger partial charge in [-0.2, -0.15) is 5.10 Å². The van der Waals surface area contributed by atoms with E-state index in [-0.39, 0.29) is 0 Å². The molecular formula is C17H19N5. The van der Waals surface area contributed by atoms with Gasteiger partial charge < -0.3 is 9.80 Å². The van der Waals surface area contributed by atoms with Crippen molar-refractivity contribution in [3.8, 4) is 0 Å². The van der Waals surface area contributed by atoms with E-state index < -0.39 is 0 Å². The van der Waals surface area contributed by atoms with E-state index in [1.54, 1.807) is 0 Å². The number of hydrogen-bond acceptors (Lipinski definition) is 4. The van der Waals surface area contributed by atoms with Crippen LogP contribution in [0.5, 0.6) is 0 Å². The summed E-state index contributed by atoms with van der Waals surface area (Å²) in [5, 5.41) is 5.47. The van der Waals surface area contributed by atoms with Gasteiger partial charge in [0, 0.05) is 45.6 Å². The zero-order valence-electron chi connectivity index (χ0n) is 12.9. The second-order valence-corrected chi connectivity index (χ2v) is 5.81. The van der Waals surface area contributed by atoms with E-state index in [1.165, 1.54) is 16.9 Å². The third-order valence-corrected chi connectivity index (χ3v) is 4.42. The number of aromatic nitrogens is 3. The van der Waals surface area contributed by atoms with E-state index in [0.717, 1.165) is 30.7 Å². The van der Waals surface area contributed by atoms with Gasteiger partial charge in [0.25, 0.3) is 0 Å². The summed E-state index contributed by atoms with van der Waals surface area (Å²) in [6, 6.07) is 10.7. The Balaban J connectivity index is 1.80. The van der Waals surface area contributed by atoms with Gasteiger partial charge in [-0.15, -0.1) is 0 Å². The summed E-state index contributed by atoms with van der Waals surface area (Å²) < 4.78 is 1.83. The van der Waals surface area contributed by atoms with Gasteiger partial charge in [-0.25, -0.2) is 4.98 Å². The summed E-state index contributed by atoms with van der Waals surface area (Å²) >= 11 is 0. The van der Waals surface area contributed by atoms with Gasteiger partial charge in [-0.05, 0) is 17.7 Å². The predicted molar refractivity (Wildman–Crippen MR) is 89.3 cm³/mol. The van der Waals surface area contributed by atoms with E-state index in [4.69, 9.17) is 0 Å². The number of para-hydroxylation sites is 1. The lowest BCUT2D eigenvalue weighted by Crippen LogP contribution is -2.29. The van der Waals surface area contributed by atoms with Crippen molar-refractivity contribution in [1.29, 1.82) is 0 Å². The van der Waals surface area contributed by atoms with Crippen LogP contribution in [0, 0.1) is 0 Å². The second-order valence-electron chi connectivity index (χ2n) is 5.81. The van der Waals surface area contributed by atoms with E-state index in [2.05, 4.69) is 57.3 Å². The Kier molecular flexibility index (Phi) is 2.99. The molecule has 1 aromatic carbocycles. The number of hydrogen-bond donors (Lipinski definition) is 0. The Bertz CT molecular complexity index is 823. The largest absolute Gasteiger partial charge is 0.373 e. The molecule has 3 aromatic rings. The summed E-state index contributed by atoms with van der Waals surface area (Å²) in [5.74, 6) is 0. The molecule has 0 radical (unpaired) electrons. The molecule has 0 N–H and O–H groups in total. The van der Waals surface area contributed by atoms with Crippen LogP contribution < -0.4 is 9.80 Å². The first-order valence-electron chi connectivity index (χ1n) is 7.55. The van der Waals surface area contributed by atoms with E-state index in [0.29, 0.717) is 0 Å². The molecule has 0 saturated heterocycles. The van der Waals surface area contributed by atoms with Gasteiger partial charge in [0.05, 0.1) is 17.3 Å². The van der Waals surface area contributed by atoms with Crippen LogP contribution in [0.2, 0.25) is 0 Å². The van der Waals surface area contributed by atoms with E-state index in [1.807, 2.05) is 24.1 Å². The van der Waals surface area contributed by atoms with E-state index >= 15 is 0 Å². The molecule has 0 atom stereocenters. The highest BCUT2D eigenvalue weighted by atomic mass is 15.3. The zero-order valence-corrected chi connectivity index (χ0v) is 12.9. The molecule has 112 valence electrons. The summed E-state index contributed by atoms with van der Waals surface area (Å²) in [4.78, 5) is 9.20. The smallest absolute Gasteiger partial charge is 0.159 e. The molecule has 5 nitrogen and oxygen atoms in total. The number of fused-ring (bicyclic) bond motifs is 2. The molecule has 0 bridgehead atoms. The van der Waals surface area contributed by atoms with Crippen LogP contribution in [0.1, 0.15) is 5.56 Å². The first kappa shape index (κ1) is 13.1. The minimum Gasteiger partial charge on any atom is -0.373 e. The molecule has 0 aliphatic carbocycles. The lowest BCUT2D eigenvalue weighted by molar-refractivity contribution is 0.785. The Morgan fingerprint density at radius 1 is 1.00 bits per heavy atom. The Labute approximate surface area is 129 Å². The maximum atomic E-state index is 4.44. The lowest BCUT2D eigenvalue weighted by atomic mass is 10.1. The molecule has 4 rings (SSSR count). The van der Waals surface area contributed by atoms with Crippen molar-refractivity contribution in [3.05, 3.63) is 48.3 Å². The summed E-state index contributed by atoms with van der Waals surface area (Å²) in [7, 11) is 4.10. The van der Waals surface area contributed by atoms with Crippen molar-refractivity contribution in [2.75, 3.05) is 29.9 Å². The van der Waals surface area contributed by atoms with Crippen LogP contribution in [-0.4, -0.2) is 34.9 Å². The predicted octanol–water partition coefficient (Wildman–Crippen LogP) is 2.42. The first-order chi connectivity index (χ1) is 10.7. The van der Waals surface area contributed by atoms with Crippen molar-refractivity contribution in [2.24, 2.45) is 7.05 Å². The maximum absolute atomic E-state index is 4.44. The van der Waals surface area contributed by atoms with Crippen LogP contribution in [0.25, 0.3) is 11.0 Å². The zero-order chi connectivity index (χ0) is 15.1. The fourth-order valence-electron chi connectivity index (χ4n) is 3.21. The average Bonchev–Trinajstić information content (AvgIpc) is 2.84. The Morgan fingerprint density at radius 2 is 1.86 bits per heavy atom.